The van der Waals surface area contributed by atoms with E-state index < -0.39 is 35.2 Å². The summed E-state index contributed by atoms with van der Waals surface area (Å²) in [6, 6.07) is 8.54. The van der Waals surface area contributed by atoms with Gasteiger partial charge >= 0.3 is 5.76 Å². The molecule has 0 bridgehead atoms. The van der Waals surface area contributed by atoms with E-state index in [1.54, 1.807) is 31.2 Å². The summed E-state index contributed by atoms with van der Waals surface area (Å²) < 4.78 is 32.8. The van der Waals surface area contributed by atoms with Crippen molar-refractivity contribution in [1.82, 2.24) is 15.2 Å². The van der Waals surface area contributed by atoms with Gasteiger partial charge in [0.25, 0.3) is 5.91 Å². The lowest BCUT2D eigenvalue weighted by molar-refractivity contribution is -0.123. The van der Waals surface area contributed by atoms with Gasteiger partial charge in [-0.3, -0.25) is 14.2 Å². The van der Waals surface area contributed by atoms with Gasteiger partial charge in [-0.2, -0.15) is 0 Å². The molecule has 0 saturated carbocycles. The number of rotatable bonds is 6. The monoisotopic (exact) mass is 389 g/mol. The van der Waals surface area contributed by atoms with Gasteiger partial charge in [0, 0.05) is 19.2 Å². The molecule has 7 nitrogen and oxygen atoms in total. The predicted molar refractivity (Wildman–Crippen MR) is 96.9 cm³/mol. The third-order valence-electron chi connectivity index (χ3n) is 4.17. The number of hydrogen-bond donors (Lipinski definition) is 2. The fourth-order valence-corrected chi connectivity index (χ4v) is 2.75. The Kier molecular flexibility index (Phi) is 5.53. The number of halogens is 2. The van der Waals surface area contributed by atoms with Crippen molar-refractivity contribution in [2.45, 2.75) is 13.0 Å². The molecule has 2 N–H and O–H groups in total. The molecule has 1 unspecified atom stereocenters. The van der Waals surface area contributed by atoms with Crippen LogP contribution >= 0.6 is 0 Å². The third kappa shape index (κ3) is 3.93. The van der Waals surface area contributed by atoms with Gasteiger partial charge in [-0.05, 0) is 31.2 Å². The van der Waals surface area contributed by atoms with Crippen LogP contribution in [0, 0.1) is 11.6 Å². The molecule has 1 heterocycles. The van der Waals surface area contributed by atoms with E-state index in [-0.39, 0.29) is 18.7 Å². The number of oxazole rings is 1. The molecular weight excluding hydrogens is 372 g/mol. The minimum atomic E-state index is -0.971. The highest BCUT2D eigenvalue weighted by atomic mass is 19.1. The van der Waals surface area contributed by atoms with Crippen LogP contribution in [0.4, 0.5) is 8.78 Å². The zero-order chi connectivity index (χ0) is 20.3. The standard InChI is InChI=1S/C19H17F2N3O4/c1-11(24-15-4-2-3-5-16(15)28-19(24)27)17(25)22-8-9-23-18(26)13-7-6-12(20)10-14(13)21/h2-7,10-11H,8-9H2,1H3,(H,22,25)(H,23,26). The van der Waals surface area contributed by atoms with E-state index in [4.69, 9.17) is 4.42 Å². The van der Waals surface area contributed by atoms with E-state index >= 15 is 0 Å². The largest absolute Gasteiger partial charge is 0.420 e. The average Bonchev–Trinajstić information content (AvgIpc) is 2.99. The second kappa shape index (κ2) is 8.03. The van der Waals surface area contributed by atoms with Crippen LogP contribution in [0.25, 0.3) is 11.1 Å². The van der Waals surface area contributed by atoms with Crippen LogP contribution in [0.2, 0.25) is 0 Å². The Morgan fingerprint density at radius 2 is 1.82 bits per heavy atom. The SMILES string of the molecule is CC(C(=O)NCCNC(=O)c1ccc(F)cc1F)n1c(=O)oc2ccccc21. The molecule has 0 radical (unpaired) electrons. The highest BCUT2D eigenvalue weighted by molar-refractivity contribution is 5.94. The van der Waals surface area contributed by atoms with Crippen molar-refractivity contribution in [3.05, 3.63) is 70.2 Å². The van der Waals surface area contributed by atoms with Crippen LogP contribution in [0.1, 0.15) is 23.3 Å². The Morgan fingerprint density at radius 1 is 1.11 bits per heavy atom. The van der Waals surface area contributed by atoms with Crippen molar-refractivity contribution in [2.24, 2.45) is 0 Å². The second-order valence-electron chi connectivity index (χ2n) is 6.05. The summed E-state index contributed by atoms with van der Waals surface area (Å²) in [5, 5.41) is 5.01. The number of nitrogens with one attached hydrogen (secondary N) is 2. The molecule has 0 spiro atoms. The number of nitrogens with zero attached hydrogens (tertiary/aromatic N) is 1. The molecule has 0 aliphatic rings. The lowest BCUT2D eigenvalue weighted by Gasteiger charge is -2.13. The number of carbonyl (C=O) groups excluding carboxylic acids is 2. The van der Waals surface area contributed by atoms with Gasteiger partial charge in [0.2, 0.25) is 5.91 Å². The van der Waals surface area contributed by atoms with Gasteiger partial charge in [0.05, 0.1) is 11.1 Å². The second-order valence-corrected chi connectivity index (χ2v) is 6.05. The van der Waals surface area contributed by atoms with Crippen LogP contribution in [-0.2, 0) is 4.79 Å². The topological polar surface area (TPSA) is 93.3 Å². The molecule has 28 heavy (non-hydrogen) atoms. The Morgan fingerprint density at radius 3 is 2.57 bits per heavy atom. The molecule has 1 aromatic heterocycles. The van der Waals surface area contributed by atoms with Gasteiger partial charge in [-0.25, -0.2) is 13.6 Å². The number of hydrogen-bond acceptors (Lipinski definition) is 4. The summed E-state index contributed by atoms with van der Waals surface area (Å²) in [5.41, 5.74) is 0.577. The normalized spacial score (nSPS) is 12.0. The first-order valence-corrected chi connectivity index (χ1v) is 8.49. The molecule has 2 aromatic carbocycles. The molecule has 0 aliphatic heterocycles. The predicted octanol–water partition coefficient (Wildman–Crippen LogP) is 1.98. The van der Waals surface area contributed by atoms with Crippen LogP contribution in [0.15, 0.2) is 51.7 Å². The zero-order valence-electron chi connectivity index (χ0n) is 14.9. The molecule has 3 rings (SSSR count). The van der Waals surface area contributed by atoms with Crippen LogP contribution in [0.5, 0.6) is 0 Å². The fourth-order valence-electron chi connectivity index (χ4n) is 2.75. The van der Waals surface area contributed by atoms with Crippen molar-refractivity contribution in [3.63, 3.8) is 0 Å². The van der Waals surface area contributed by atoms with Gasteiger partial charge in [0.1, 0.15) is 17.7 Å². The van der Waals surface area contributed by atoms with Crippen molar-refractivity contribution >= 4 is 22.9 Å². The Bertz CT molecular complexity index is 1090. The van der Waals surface area contributed by atoms with E-state index in [0.29, 0.717) is 17.2 Å². The molecule has 2 amide bonds. The first-order chi connectivity index (χ1) is 13.4. The summed E-state index contributed by atoms with van der Waals surface area (Å²) in [6.45, 7) is 1.63. The summed E-state index contributed by atoms with van der Waals surface area (Å²) in [7, 11) is 0. The van der Waals surface area contributed by atoms with E-state index in [1.165, 1.54) is 4.57 Å². The first-order valence-electron chi connectivity index (χ1n) is 8.49. The summed E-state index contributed by atoms with van der Waals surface area (Å²) in [6.07, 6.45) is 0. The van der Waals surface area contributed by atoms with Gasteiger partial charge in [-0.1, -0.05) is 12.1 Å². The molecule has 9 heteroatoms. The van der Waals surface area contributed by atoms with Crippen molar-refractivity contribution < 1.29 is 22.8 Å². The van der Waals surface area contributed by atoms with E-state index in [2.05, 4.69) is 10.6 Å². The highest BCUT2D eigenvalue weighted by Crippen LogP contribution is 2.16. The molecule has 0 saturated heterocycles. The number of amides is 2. The number of para-hydroxylation sites is 2. The summed E-state index contributed by atoms with van der Waals surface area (Å²) >= 11 is 0. The molecule has 0 fully saturated rings. The third-order valence-corrected chi connectivity index (χ3v) is 4.17. The number of aromatic nitrogens is 1. The Balaban J connectivity index is 1.56. The Labute approximate surface area is 157 Å². The molecule has 0 aliphatic carbocycles. The fraction of sp³-hybridized carbons (Fsp3) is 0.211. The maximum absolute atomic E-state index is 13.6. The summed E-state index contributed by atoms with van der Waals surface area (Å²) in [4.78, 5) is 36.2. The van der Waals surface area contributed by atoms with E-state index in [9.17, 15) is 23.2 Å². The maximum Gasteiger partial charge on any atom is 0.420 e. The van der Waals surface area contributed by atoms with Crippen LogP contribution < -0.4 is 16.4 Å². The van der Waals surface area contributed by atoms with Gasteiger partial charge in [0.15, 0.2) is 5.58 Å². The first kappa shape index (κ1) is 19.3. The lowest BCUT2D eigenvalue weighted by atomic mass is 10.2. The molecule has 146 valence electrons. The number of benzene rings is 2. The quantitative estimate of drug-likeness (QED) is 0.631. The Hall–Kier alpha value is -3.49. The van der Waals surface area contributed by atoms with Crippen molar-refractivity contribution in [1.29, 1.82) is 0 Å². The van der Waals surface area contributed by atoms with Crippen LogP contribution in [-0.4, -0.2) is 29.5 Å². The van der Waals surface area contributed by atoms with Crippen molar-refractivity contribution in [3.8, 4) is 0 Å². The maximum atomic E-state index is 13.6. The number of carbonyl (C=O) groups is 2. The van der Waals surface area contributed by atoms with E-state index in [1.807, 2.05) is 0 Å². The van der Waals surface area contributed by atoms with Crippen LogP contribution in [0.3, 0.4) is 0 Å². The minimum absolute atomic E-state index is 0.0230. The van der Waals surface area contributed by atoms with Crippen molar-refractivity contribution in [2.75, 3.05) is 13.1 Å². The van der Waals surface area contributed by atoms with Gasteiger partial charge in [-0.15, -0.1) is 0 Å². The minimum Gasteiger partial charge on any atom is -0.408 e. The summed E-state index contributed by atoms with van der Waals surface area (Å²) in [5.74, 6) is -3.57. The van der Waals surface area contributed by atoms with E-state index in [0.717, 1.165) is 12.1 Å². The lowest BCUT2D eigenvalue weighted by Crippen LogP contribution is -2.39. The smallest absolute Gasteiger partial charge is 0.408 e. The molecule has 1 atom stereocenters. The van der Waals surface area contributed by atoms with Gasteiger partial charge < -0.3 is 15.1 Å². The highest BCUT2D eigenvalue weighted by Gasteiger charge is 2.21. The molecular formula is C19H17F2N3O4. The average molecular weight is 389 g/mol. The zero-order valence-corrected chi connectivity index (χ0v) is 14.9. The molecule has 3 aromatic rings. The number of fused-ring (bicyclic) bond motifs is 1.